The van der Waals surface area contributed by atoms with Crippen LogP contribution in [0.2, 0.25) is 0 Å². The van der Waals surface area contributed by atoms with Crippen molar-refractivity contribution >= 4 is 22.6 Å². The van der Waals surface area contributed by atoms with Crippen LogP contribution >= 0.6 is 22.6 Å². The molecule has 3 heteroatoms. The standard InChI is InChI=1S/C11H15FIN/c1-8(7-14(2)3)9-4-5-10(12)11(13)6-9/h4-6,8H,7H2,1-3H3. The van der Waals surface area contributed by atoms with Crippen LogP contribution in [0.4, 0.5) is 4.39 Å². The highest BCUT2D eigenvalue weighted by Gasteiger charge is 2.08. The summed E-state index contributed by atoms with van der Waals surface area (Å²) in [5.41, 5.74) is 1.20. The van der Waals surface area contributed by atoms with E-state index in [4.69, 9.17) is 0 Å². The summed E-state index contributed by atoms with van der Waals surface area (Å²) in [5.74, 6) is 0.311. The van der Waals surface area contributed by atoms with Gasteiger partial charge >= 0.3 is 0 Å². The number of benzene rings is 1. The van der Waals surface area contributed by atoms with E-state index in [2.05, 4.69) is 11.8 Å². The topological polar surface area (TPSA) is 3.24 Å². The zero-order valence-corrected chi connectivity index (χ0v) is 10.9. The highest BCUT2D eigenvalue weighted by Crippen LogP contribution is 2.20. The number of nitrogens with zero attached hydrogens (tertiary/aromatic N) is 1. The third kappa shape index (κ3) is 3.20. The van der Waals surface area contributed by atoms with Gasteiger partial charge in [-0.15, -0.1) is 0 Å². The minimum atomic E-state index is -0.133. The number of halogens is 2. The lowest BCUT2D eigenvalue weighted by atomic mass is 10.0. The van der Waals surface area contributed by atoms with Gasteiger partial charge in [-0.25, -0.2) is 4.39 Å². The predicted octanol–water partition coefficient (Wildman–Crippen LogP) is 3.10. The first-order chi connectivity index (χ1) is 6.50. The molecular weight excluding hydrogens is 292 g/mol. The lowest BCUT2D eigenvalue weighted by Gasteiger charge is -2.17. The maximum absolute atomic E-state index is 13.0. The van der Waals surface area contributed by atoms with Gasteiger partial charge in [-0.3, -0.25) is 0 Å². The molecule has 0 fully saturated rings. The van der Waals surface area contributed by atoms with Crippen molar-refractivity contribution in [1.82, 2.24) is 4.90 Å². The molecule has 0 bridgehead atoms. The Balaban J connectivity index is 2.80. The van der Waals surface area contributed by atoms with Crippen molar-refractivity contribution in [1.29, 1.82) is 0 Å². The second kappa shape index (κ2) is 5.07. The molecule has 0 saturated heterocycles. The van der Waals surface area contributed by atoms with E-state index in [9.17, 15) is 4.39 Å². The zero-order valence-electron chi connectivity index (χ0n) is 8.72. The van der Waals surface area contributed by atoms with Gasteiger partial charge in [-0.2, -0.15) is 0 Å². The highest BCUT2D eigenvalue weighted by atomic mass is 127. The van der Waals surface area contributed by atoms with Crippen molar-refractivity contribution in [2.75, 3.05) is 20.6 Å². The lowest BCUT2D eigenvalue weighted by Crippen LogP contribution is -2.18. The molecule has 1 rings (SSSR count). The third-order valence-corrected chi connectivity index (χ3v) is 2.98. The molecule has 0 aliphatic heterocycles. The third-order valence-electron chi connectivity index (χ3n) is 2.15. The van der Waals surface area contributed by atoms with Gasteiger partial charge in [0.1, 0.15) is 5.82 Å². The van der Waals surface area contributed by atoms with E-state index in [1.54, 1.807) is 6.07 Å². The summed E-state index contributed by atoms with van der Waals surface area (Å²) >= 11 is 2.03. The predicted molar refractivity (Wildman–Crippen MR) is 66.1 cm³/mol. The molecule has 0 saturated carbocycles. The largest absolute Gasteiger partial charge is 0.309 e. The maximum atomic E-state index is 13.0. The van der Waals surface area contributed by atoms with Crippen molar-refractivity contribution < 1.29 is 4.39 Å². The van der Waals surface area contributed by atoms with Gasteiger partial charge in [0.2, 0.25) is 0 Å². The van der Waals surface area contributed by atoms with Crippen LogP contribution in [0, 0.1) is 9.39 Å². The average Bonchev–Trinajstić information content (AvgIpc) is 2.08. The summed E-state index contributed by atoms with van der Waals surface area (Å²) < 4.78 is 13.7. The van der Waals surface area contributed by atoms with Crippen molar-refractivity contribution in [3.63, 3.8) is 0 Å². The fourth-order valence-electron chi connectivity index (χ4n) is 1.47. The molecule has 1 aromatic rings. The van der Waals surface area contributed by atoms with Gasteiger partial charge in [-0.05, 0) is 60.3 Å². The van der Waals surface area contributed by atoms with Crippen molar-refractivity contribution in [2.45, 2.75) is 12.8 Å². The molecule has 1 nitrogen and oxygen atoms in total. The Labute approximate surface area is 98.4 Å². The van der Waals surface area contributed by atoms with Crippen LogP contribution in [-0.4, -0.2) is 25.5 Å². The fourth-order valence-corrected chi connectivity index (χ4v) is 2.01. The quantitative estimate of drug-likeness (QED) is 0.776. The van der Waals surface area contributed by atoms with Gasteiger partial charge < -0.3 is 4.90 Å². The normalized spacial score (nSPS) is 13.3. The molecule has 0 N–H and O–H groups in total. The van der Waals surface area contributed by atoms with Gasteiger partial charge in [-0.1, -0.05) is 13.0 Å². The van der Waals surface area contributed by atoms with Gasteiger partial charge in [0.05, 0.1) is 0 Å². The lowest BCUT2D eigenvalue weighted by molar-refractivity contribution is 0.383. The molecule has 0 aliphatic rings. The summed E-state index contributed by atoms with van der Waals surface area (Å²) in [7, 11) is 4.09. The van der Waals surface area contributed by atoms with Gasteiger partial charge in [0.15, 0.2) is 0 Å². The number of likely N-dealkylation sites (N-methyl/N-ethyl adjacent to an activating group) is 1. The summed E-state index contributed by atoms with van der Waals surface area (Å²) in [6.07, 6.45) is 0. The van der Waals surface area contributed by atoms with Crippen LogP contribution < -0.4 is 0 Å². The number of hydrogen-bond acceptors (Lipinski definition) is 1. The Kier molecular flexibility index (Phi) is 4.31. The molecule has 78 valence electrons. The molecule has 1 aromatic carbocycles. The molecule has 0 radical (unpaired) electrons. The first-order valence-corrected chi connectivity index (χ1v) is 5.68. The summed E-state index contributed by atoms with van der Waals surface area (Å²) in [4.78, 5) is 2.14. The Morgan fingerprint density at radius 2 is 2.07 bits per heavy atom. The minimum absolute atomic E-state index is 0.133. The Morgan fingerprint density at radius 3 is 2.57 bits per heavy atom. The van der Waals surface area contributed by atoms with Crippen molar-refractivity contribution in [3.05, 3.63) is 33.1 Å². The van der Waals surface area contributed by atoms with E-state index >= 15 is 0 Å². The monoisotopic (exact) mass is 307 g/mol. The second-order valence-electron chi connectivity index (χ2n) is 3.84. The molecule has 0 spiro atoms. The SMILES string of the molecule is CC(CN(C)C)c1ccc(F)c(I)c1. The molecule has 14 heavy (non-hydrogen) atoms. The van der Waals surface area contributed by atoms with E-state index in [0.717, 1.165) is 6.54 Å². The van der Waals surface area contributed by atoms with Crippen LogP contribution in [0.25, 0.3) is 0 Å². The first-order valence-electron chi connectivity index (χ1n) is 4.60. The summed E-state index contributed by atoms with van der Waals surface area (Å²) in [5, 5.41) is 0. The molecule has 0 amide bonds. The number of rotatable bonds is 3. The average molecular weight is 307 g/mol. The van der Waals surface area contributed by atoms with Crippen LogP contribution in [0.3, 0.4) is 0 Å². The summed E-state index contributed by atoms with van der Waals surface area (Å²) in [6.45, 7) is 3.14. The molecular formula is C11H15FIN. The second-order valence-corrected chi connectivity index (χ2v) is 5.00. The molecule has 0 heterocycles. The molecule has 1 atom stereocenters. The van der Waals surface area contributed by atoms with Crippen LogP contribution in [-0.2, 0) is 0 Å². The van der Waals surface area contributed by atoms with Crippen LogP contribution in [0.5, 0.6) is 0 Å². The number of hydrogen-bond donors (Lipinski definition) is 0. The van der Waals surface area contributed by atoms with Crippen LogP contribution in [0.1, 0.15) is 18.4 Å². The minimum Gasteiger partial charge on any atom is -0.309 e. The van der Waals surface area contributed by atoms with E-state index in [1.165, 1.54) is 5.56 Å². The Hall–Kier alpha value is -0.160. The van der Waals surface area contributed by atoms with Gasteiger partial charge in [0, 0.05) is 10.1 Å². The molecule has 1 unspecified atom stereocenters. The van der Waals surface area contributed by atoms with E-state index < -0.39 is 0 Å². The summed E-state index contributed by atoms with van der Waals surface area (Å²) in [6, 6.07) is 5.33. The fraction of sp³-hybridized carbons (Fsp3) is 0.455. The molecule has 0 aromatic heterocycles. The zero-order chi connectivity index (χ0) is 10.7. The first kappa shape index (κ1) is 11.9. The van der Waals surface area contributed by atoms with Gasteiger partial charge in [0.25, 0.3) is 0 Å². The molecule has 0 aliphatic carbocycles. The highest BCUT2D eigenvalue weighted by molar-refractivity contribution is 14.1. The van der Waals surface area contributed by atoms with Crippen LogP contribution in [0.15, 0.2) is 18.2 Å². The van der Waals surface area contributed by atoms with E-state index in [-0.39, 0.29) is 5.82 Å². The van der Waals surface area contributed by atoms with Crippen molar-refractivity contribution in [2.24, 2.45) is 0 Å². The maximum Gasteiger partial charge on any atom is 0.136 e. The Bertz CT molecular complexity index is 312. The van der Waals surface area contributed by atoms with E-state index in [1.807, 2.05) is 48.8 Å². The van der Waals surface area contributed by atoms with E-state index in [0.29, 0.717) is 9.49 Å². The van der Waals surface area contributed by atoms with Crippen molar-refractivity contribution in [3.8, 4) is 0 Å². The smallest absolute Gasteiger partial charge is 0.136 e. The Morgan fingerprint density at radius 1 is 1.43 bits per heavy atom.